The fraction of sp³-hybridized carbons (Fsp3) is 0.481. The van der Waals surface area contributed by atoms with Gasteiger partial charge >= 0.3 is 0 Å². The molecule has 1 amide bonds. The van der Waals surface area contributed by atoms with Crippen LogP contribution in [0.4, 0.5) is 5.82 Å². The highest BCUT2D eigenvalue weighted by Crippen LogP contribution is 2.28. The molecular formula is C27H38N8O5S. The Morgan fingerprint density at radius 3 is 2.51 bits per heavy atom. The van der Waals surface area contributed by atoms with Crippen LogP contribution >= 0.6 is 0 Å². The predicted molar refractivity (Wildman–Crippen MR) is 155 cm³/mol. The number of anilines is 1. The van der Waals surface area contributed by atoms with Gasteiger partial charge in [0, 0.05) is 65.2 Å². The van der Waals surface area contributed by atoms with E-state index in [1.165, 1.54) is 22.7 Å². The molecule has 1 unspecified atom stereocenters. The molecule has 41 heavy (non-hydrogen) atoms. The van der Waals surface area contributed by atoms with Crippen LogP contribution in [-0.4, -0.2) is 96.4 Å². The van der Waals surface area contributed by atoms with E-state index in [9.17, 15) is 13.2 Å². The number of rotatable bonds is 11. The predicted octanol–water partition coefficient (Wildman–Crippen LogP) is 1.81. The number of piperazine rings is 1. The van der Waals surface area contributed by atoms with Crippen molar-refractivity contribution in [2.24, 2.45) is 0 Å². The van der Waals surface area contributed by atoms with E-state index >= 15 is 0 Å². The van der Waals surface area contributed by atoms with Gasteiger partial charge in [-0.15, -0.1) is 0 Å². The van der Waals surface area contributed by atoms with Crippen LogP contribution in [-0.2, 0) is 21.5 Å². The third-order valence-electron chi connectivity index (χ3n) is 6.92. The number of aromatic nitrogens is 4. The van der Waals surface area contributed by atoms with Crippen LogP contribution in [0.15, 0.2) is 43.0 Å². The van der Waals surface area contributed by atoms with Crippen LogP contribution < -0.4 is 19.7 Å². The zero-order valence-corrected chi connectivity index (χ0v) is 25.1. The first kappa shape index (κ1) is 30.2. The molecule has 14 heteroatoms. The molecule has 0 saturated carbocycles. The van der Waals surface area contributed by atoms with Crippen molar-refractivity contribution in [3.05, 3.63) is 54.2 Å². The van der Waals surface area contributed by atoms with Crippen molar-refractivity contribution in [2.75, 3.05) is 52.8 Å². The monoisotopic (exact) mass is 586 g/mol. The Kier molecular flexibility index (Phi) is 9.46. The molecule has 1 fully saturated rings. The Bertz CT molecular complexity index is 1450. The first-order valence-electron chi connectivity index (χ1n) is 13.3. The summed E-state index contributed by atoms with van der Waals surface area (Å²) in [6.45, 7) is 5.26. The summed E-state index contributed by atoms with van der Waals surface area (Å²) in [5.41, 5.74) is 1.68. The number of methoxy groups -OCH3 is 2. The second-order valence-corrected chi connectivity index (χ2v) is 12.3. The summed E-state index contributed by atoms with van der Waals surface area (Å²) in [6.07, 6.45) is 5.05. The molecule has 0 radical (unpaired) electrons. The molecule has 1 aliphatic heterocycles. The van der Waals surface area contributed by atoms with Crippen molar-refractivity contribution in [3.8, 4) is 17.4 Å². The van der Waals surface area contributed by atoms with Crippen LogP contribution in [0, 0.1) is 0 Å². The van der Waals surface area contributed by atoms with Crippen molar-refractivity contribution in [3.63, 3.8) is 0 Å². The number of carbonyl (C=O) groups excluding carboxylic acids is 1. The molecule has 3 heterocycles. The molecule has 0 bridgehead atoms. The van der Waals surface area contributed by atoms with E-state index in [0.29, 0.717) is 29.8 Å². The van der Waals surface area contributed by atoms with Crippen molar-refractivity contribution < 1.29 is 22.7 Å². The molecule has 2 aromatic heterocycles. The van der Waals surface area contributed by atoms with E-state index in [4.69, 9.17) is 14.5 Å². The second-order valence-electron chi connectivity index (χ2n) is 10.2. The van der Waals surface area contributed by atoms with Gasteiger partial charge in [-0.3, -0.25) is 9.36 Å². The summed E-state index contributed by atoms with van der Waals surface area (Å²) < 4.78 is 41.4. The summed E-state index contributed by atoms with van der Waals surface area (Å²) in [4.78, 5) is 28.7. The quantitative estimate of drug-likeness (QED) is 0.357. The largest absolute Gasteiger partial charge is 0.493 e. The molecule has 13 nitrogen and oxygen atoms in total. The summed E-state index contributed by atoms with van der Waals surface area (Å²) in [5, 5.41) is 2.92. The van der Waals surface area contributed by atoms with Gasteiger partial charge in [-0.05, 0) is 23.6 Å². The van der Waals surface area contributed by atoms with E-state index in [1.54, 1.807) is 49.6 Å². The standard InChI is InChI=1S/C27H38N8O5S/c1-19(2)22-15-25(31-27(30-22)34-10-9-28-18-34)33-11-12-35(41(37,38)32(3)4)21(17-33)14-26(36)29-16-20-7-8-23(39-5)24(13-20)40-6/h7-10,13,15,18-19,21H,11-12,14,16-17H2,1-6H3,(H,29,36). The van der Waals surface area contributed by atoms with Crippen LogP contribution in [0.25, 0.3) is 5.95 Å². The maximum atomic E-state index is 13.2. The van der Waals surface area contributed by atoms with Crippen molar-refractivity contribution >= 4 is 21.9 Å². The summed E-state index contributed by atoms with van der Waals surface area (Å²) in [7, 11) is 2.33. The lowest BCUT2D eigenvalue weighted by Gasteiger charge is -2.41. The molecule has 1 aliphatic rings. The number of nitrogens with one attached hydrogen (secondary N) is 1. The minimum absolute atomic E-state index is 0.0205. The summed E-state index contributed by atoms with van der Waals surface area (Å²) >= 11 is 0. The van der Waals surface area contributed by atoms with Crippen molar-refractivity contribution in [2.45, 2.75) is 38.8 Å². The number of nitrogens with zero attached hydrogens (tertiary/aromatic N) is 7. The highest BCUT2D eigenvalue weighted by atomic mass is 32.2. The molecule has 0 spiro atoms. The zero-order chi connectivity index (χ0) is 29.7. The van der Waals surface area contributed by atoms with E-state index in [-0.39, 0.29) is 37.9 Å². The fourth-order valence-corrected chi connectivity index (χ4v) is 5.84. The SMILES string of the molecule is COc1ccc(CNC(=O)CC2CN(c3cc(C(C)C)nc(-n4ccnc4)n3)CCN2S(=O)(=O)N(C)C)cc1OC. The number of imidazole rings is 1. The number of amides is 1. The Morgan fingerprint density at radius 1 is 1.12 bits per heavy atom. The first-order chi connectivity index (χ1) is 19.5. The van der Waals surface area contributed by atoms with Crippen molar-refractivity contribution in [1.29, 1.82) is 0 Å². The highest BCUT2D eigenvalue weighted by Gasteiger charge is 2.38. The summed E-state index contributed by atoms with van der Waals surface area (Å²) in [6, 6.07) is 6.72. The minimum atomic E-state index is -3.76. The fourth-order valence-electron chi connectivity index (χ4n) is 4.59. The van der Waals surface area contributed by atoms with Gasteiger partial charge in [-0.2, -0.15) is 22.0 Å². The average Bonchev–Trinajstić information content (AvgIpc) is 3.50. The average molecular weight is 587 g/mol. The van der Waals surface area contributed by atoms with Gasteiger partial charge in [0.25, 0.3) is 10.2 Å². The number of hydrogen-bond acceptors (Lipinski definition) is 9. The molecular weight excluding hydrogens is 548 g/mol. The maximum Gasteiger partial charge on any atom is 0.281 e. The van der Waals surface area contributed by atoms with Crippen LogP contribution in [0.2, 0.25) is 0 Å². The highest BCUT2D eigenvalue weighted by molar-refractivity contribution is 7.86. The Labute approximate surface area is 241 Å². The molecule has 4 rings (SSSR count). The normalized spacial score (nSPS) is 16.3. The van der Waals surface area contributed by atoms with E-state index in [1.807, 2.05) is 17.0 Å². The number of carbonyl (C=O) groups is 1. The van der Waals surface area contributed by atoms with Crippen molar-refractivity contribution in [1.82, 2.24) is 33.4 Å². The number of benzene rings is 1. The maximum absolute atomic E-state index is 13.2. The van der Waals surface area contributed by atoms with Gasteiger partial charge in [0.15, 0.2) is 11.5 Å². The third-order valence-corrected chi connectivity index (χ3v) is 8.91. The smallest absolute Gasteiger partial charge is 0.281 e. The van der Waals surface area contributed by atoms with Gasteiger partial charge in [-0.1, -0.05) is 19.9 Å². The lowest BCUT2D eigenvalue weighted by atomic mass is 10.1. The van der Waals surface area contributed by atoms with Gasteiger partial charge in [0.1, 0.15) is 12.1 Å². The molecule has 1 atom stereocenters. The lowest BCUT2D eigenvalue weighted by Crippen LogP contribution is -2.58. The Balaban J connectivity index is 1.56. The molecule has 0 aliphatic carbocycles. The van der Waals surface area contributed by atoms with E-state index in [2.05, 4.69) is 29.1 Å². The Morgan fingerprint density at radius 2 is 1.88 bits per heavy atom. The van der Waals surface area contributed by atoms with Gasteiger partial charge in [-0.25, -0.2) is 9.97 Å². The van der Waals surface area contributed by atoms with E-state index < -0.39 is 16.3 Å². The number of hydrogen-bond donors (Lipinski definition) is 1. The third kappa shape index (κ3) is 6.94. The second kappa shape index (κ2) is 12.8. The molecule has 1 saturated heterocycles. The van der Waals surface area contributed by atoms with Crippen LogP contribution in [0.1, 0.15) is 37.4 Å². The zero-order valence-electron chi connectivity index (χ0n) is 24.3. The first-order valence-corrected chi connectivity index (χ1v) is 14.7. The van der Waals surface area contributed by atoms with Gasteiger partial charge < -0.3 is 19.7 Å². The van der Waals surface area contributed by atoms with Gasteiger partial charge in [0.2, 0.25) is 11.9 Å². The topological polar surface area (TPSA) is 135 Å². The minimum Gasteiger partial charge on any atom is -0.493 e. The Hall–Kier alpha value is -3.75. The summed E-state index contributed by atoms with van der Waals surface area (Å²) in [5.74, 6) is 2.19. The lowest BCUT2D eigenvalue weighted by molar-refractivity contribution is -0.122. The molecule has 3 aromatic rings. The van der Waals surface area contributed by atoms with E-state index in [0.717, 1.165) is 11.3 Å². The molecule has 1 aromatic carbocycles. The van der Waals surface area contributed by atoms with Crippen LogP contribution in [0.3, 0.4) is 0 Å². The number of ether oxygens (including phenoxy) is 2. The molecule has 1 N–H and O–H groups in total. The molecule has 222 valence electrons. The van der Waals surface area contributed by atoms with Crippen LogP contribution in [0.5, 0.6) is 11.5 Å². The van der Waals surface area contributed by atoms with Gasteiger partial charge in [0.05, 0.1) is 26.0 Å².